The maximum absolute atomic E-state index is 11.8. The molecule has 0 radical (unpaired) electrons. The van der Waals surface area contributed by atoms with Gasteiger partial charge in [0.1, 0.15) is 0 Å². The lowest BCUT2D eigenvalue weighted by Crippen LogP contribution is -2.11. The number of hydrogen-bond donors (Lipinski definition) is 1. The van der Waals surface area contributed by atoms with Gasteiger partial charge in [0.2, 0.25) is 5.91 Å². The highest BCUT2D eigenvalue weighted by Crippen LogP contribution is 2.32. The fraction of sp³-hybridized carbons (Fsp3) is 0.222. The van der Waals surface area contributed by atoms with E-state index in [0.29, 0.717) is 11.1 Å². The van der Waals surface area contributed by atoms with E-state index in [1.807, 2.05) is 30.3 Å². The van der Waals surface area contributed by atoms with Crippen molar-refractivity contribution in [3.8, 4) is 0 Å². The molecule has 0 fully saturated rings. The van der Waals surface area contributed by atoms with E-state index in [9.17, 15) is 9.59 Å². The van der Waals surface area contributed by atoms with Crippen LogP contribution >= 0.6 is 0 Å². The van der Waals surface area contributed by atoms with Gasteiger partial charge in [-0.15, -0.1) is 0 Å². The Hall–Kier alpha value is -2.62. The molecule has 3 rings (SSSR count). The van der Waals surface area contributed by atoms with Crippen molar-refractivity contribution in [2.24, 2.45) is 5.73 Å². The van der Waals surface area contributed by atoms with Crippen molar-refractivity contribution in [1.82, 2.24) is 4.57 Å². The zero-order valence-corrected chi connectivity index (χ0v) is 12.7. The van der Waals surface area contributed by atoms with E-state index in [-0.39, 0.29) is 5.78 Å². The molecule has 22 heavy (non-hydrogen) atoms. The lowest BCUT2D eigenvalue weighted by molar-refractivity contribution is 0.0997. The van der Waals surface area contributed by atoms with Crippen LogP contribution in [0.15, 0.2) is 36.4 Å². The fourth-order valence-electron chi connectivity index (χ4n) is 3.04. The van der Waals surface area contributed by atoms with Crippen molar-refractivity contribution >= 4 is 33.5 Å². The van der Waals surface area contributed by atoms with Crippen molar-refractivity contribution in [3.05, 3.63) is 47.5 Å². The largest absolute Gasteiger partial charge is 0.366 e. The second kappa shape index (κ2) is 5.30. The number of carbonyl (C=O) groups excluding carboxylic acids is 2. The average Bonchev–Trinajstić information content (AvgIpc) is 2.81. The van der Waals surface area contributed by atoms with Crippen LogP contribution in [0.4, 0.5) is 0 Å². The van der Waals surface area contributed by atoms with Crippen LogP contribution < -0.4 is 5.73 Å². The summed E-state index contributed by atoms with van der Waals surface area (Å²) in [6.07, 6.45) is 0.980. The smallest absolute Gasteiger partial charge is 0.249 e. The number of ketones is 1. The first-order valence-corrected chi connectivity index (χ1v) is 7.40. The molecule has 0 aliphatic heterocycles. The summed E-state index contributed by atoms with van der Waals surface area (Å²) in [4.78, 5) is 23.5. The molecule has 0 saturated heterocycles. The van der Waals surface area contributed by atoms with Crippen molar-refractivity contribution < 1.29 is 9.59 Å². The van der Waals surface area contributed by atoms with Crippen molar-refractivity contribution in [2.45, 2.75) is 26.8 Å². The molecule has 0 aliphatic carbocycles. The zero-order valence-electron chi connectivity index (χ0n) is 12.7. The van der Waals surface area contributed by atoms with Gasteiger partial charge in [0.05, 0.1) is 0 Å². The van der Waals surface area contributed by atoms with Crippen LogP contribution in [0, 0.1) is 0 Å². The summed E-state index contributed by atoms with van der Waals surface area (Å²) >= 11 is 0. The summed E-state index contributed by atoms with van der Waals surface area (Å²) in [5.41, 5.74) is 8.68. The van der Waals surface area contributed by atoms with E-state index in [0.717, 1.165) is 34.8 Å². The molecule has 1 heterocycles. The summed E-state index contributed by atoms with van der Waals surface area (Å²) in [5, 5.41) is 1.74. The van der Waals surface area contributed by atoms with Gasteiger partial charge in [0, 0.05) is 39.5 Å². The number of carbonyl (C=O) groups is 2. The first kappa shape index (κ1) is 14.3. The van der Waals surface area contributed by atoms with Gasteiger partial charge in [0.25, 0.3) is 0 Å². The highest BCUT2D eigenvalue weighted by molar-refractivity contribution is 6.18. The highest BCUT2D eigenvalue weighted by atomic mass is 16.1. The minimum atomic E-state index is -0.450. The molecule has 2 aromatic carbocycles. The average molecular weight is 294 g/mol. The molecular formula is C18H18N2O2. The van der Waals surface area contributed by atoms with Crippen LogP contribution in [0.25, 0.3) is 21.8 Å². The van der Waals surface area contributed by atoms with E-state index in [1.54, 1.807) is 13.0 Å². The van der Waals surface area contributed by atoms with Crippen LogP contribution in [0.3, 0.4) is 0 Å². The Balaban J connectivity index is 2.50. The van der Waals surface area contributed by atoms with E-state index >= 15 is 0 Å². The quantitative estimate of drug-likeness (QED) is 0.748. The number of Topliss-reactive ketones (excluding diaryl/α,β-unsaturated/α-hetero) is 1. The molecule has 0 spiro atoms. The standard InChI is InChI=1S/C18H18N2O2/c1-3-9-20-15-8-7-12(11(2)21)10-14(15)17-13(18(19)22)5-4-6-16(17)20/h4-8,10H,3,9H2,1-2H3,(H2,19,22). The molecule has 0 unspecified atom stereocenters. The van der Waals surface area contributed by atoms with E-state index in [2.05, 4.69) is 11.5 Å². The number of nitrogens with zero attached hydrogens (tertiary/aromatic N) is 1. The lowest BCUT2D eigenvalue weighted by atomic mass is 10.0. The third-order valence-corrected chi connectivity index (χ3v) is 4.01. The van der Waals surface area contributed by atoms with Crippen LogP contribution in [-0.2, 0) is 6.54 Å². The minimum absolute atomic E-state index is 0.00912. The summed E-state index contributed by atoms with van der Waals surface area (Å²) in [6, 6.07) is 11.2. The van der Waals surface area contributed by atoms with Gasteiger partial charge in [-0.05, 0) is 43.7 Å². The summed E-state index contributed by atoms with van der Waals surface area (Å²) in [7, 11) is 0. The predicted octanol–water partition coefficient (Wildman–Crippen LogP) is 3.51. The molecule has 4 heteroatoms. The van der Waals surface area contributed by atoms with Crippen molar-refractivity contribution in [2.75, 3.05) is 0 Å². The molecular weight excluding hydrogens is 276 g/mol. The first-order valence-electron chi connectivity index (χ1n) is 7.40. The van der Waals surface area contributed by atoms with Gasteiger partial charge in [-0.1, -0.05) is 13.0 Å². The Morgan fingerprint density at radius 1 is 1.14 bits per heavy atom. The lowest BCUT2D eigenvalue weighted by Gasteiger charge is -2.05. The third kappa shape index (κ3) is 2.08. The van der Waals surface area contributed by atoms with Crippen LogP contribution in [0.5, 0.6) is 0 Å². The number of fused-ring (bicyclic) bond motifs is 3. The van der Waals surface area contributed by atoms with E-state index in [1.165, 1.54) is 0 Å². The molecule has 112 valence electrons. The molecule has 1 amide bonds. The van der Waals surface area contributed by atoms with Gasteiger partial charge in [-0.3, -0.25) is 9.59 Å². The number of amides is 1. The zero-order chi connectivity index (χ0) is 15.9. The number of aromatic nitrogens is 1. The Bertz CT molecular complexity index is 906. The van der Waals surface area contributed by atoms with Gasteiger partial charge < -0.3 is 10.3 Å². The molecule has 3 aromatic rings. The molecule has 0 atom stereocenters. The molecule has 4 nitrogen and oxygen atoms in total. The topological polar surface area (TPSA) is 65.1 Å². The molecule has 0 bridgehead atoms. The van der Waals surface area contributed by atoms with Crippen molar-refractivity contribution in [1.29, 1.82) is 0 Å². The fourth-order valence-corrected chi connectivity index (χ4v) is 3.04. The Kier molecular flexibility index (Phi) is 3.45. The molecule has 2 N–H and O–H groups in total. The van der Waals surface area contributed by atoms with Gasteiger partial charge >= 0.3 is 0 Å². The summed E-state index contributed by atoms with van der Waals surface area (Å²) in [6.45, 7) is 4.50. The third-order valence-electron chi connectivity index (χ3n) is 4.01. The number of hydrogen-bond acceptors (Lipinski definition) is 2. The first-order chi connectivity index (χ1) is 10.5. The second-order valence-electron chi connectivity index (χ2n) is 5.50. The number of rotatable bonds is 4. The maximum atomic E-state index is 11.8. The van der Waals surface area contributed by atoms with Gasteiger partial charge in [0.15, 0.2) is 5.78 Å². The second-order valence-corrected chi connectivity index (χ2v) is 5.50. The maximum Gasteiger partial charge on any atom is 0.249 e. The molecule has 0 aliphatic rings. The SMILES string of the molecule is CCCn1c2ccc(C(C)=O)cc2c2c(C(N)=O)cccc21. The van der Waals surface area contributed by atoms with Crippen molar-refractivity contribution in [3.63, 3.8) is 0 Å². The van der Waals surface area contributed by atoms with E-state index in [4.69, 9.17) is 5.73 Å². The normalized spacial score (nSPS) is 11.2. The number of nitrogens with two attached hydrogens (primary N) is 1. The van der Waals surface area contributed by atoms with Crippen LogP contribution in [0.2, 0.25) is 0 Å². The van der Waals surface area contributed by atoms with Crippen LogP contribution in [0.1, 0.15) is 41.0 Å². The monoisotopic (exact) mass is 294 g/mol. The molecule has 1 aromatic heterocycles. The Morgan fingerprint density at radius 2 is 1.91 bits per heavy atom. The summed E-state index contributed by atoms with van der Waals surface area (Å²) < 4.78 is 2.18. The van der Waals surface area contributed by atoms with Crippen LogP contribution in [-0.4, -0.2) is 16.3 Å². The molecule has 0 saturated carbocycles. The minimum Gasteiger partial charge on any atom is -0.366 e. The Morgan fingerprint density at radius 3 is 2.55 bits per heavy atom. The number of aryl methyl sites for hydroxylation is 1. The highest BCUT2D eigenvalue weighted by Gasteiger charge is 2.16. The van der Waals surface area contributed by atoms with Gasteiger partial charge in [-0.2, -0.15) is 0 Å². The predicted molar refractivity (Wildman–Crippen MR) is 88.3 cm³/mol. The number of primary amides is 1. The number of benzene rings is 2. The summed E-state index contributed by atoms with van der Waals surface area (Å²) in [5.74, 6) is -0.441. The van der Waals surface area contributed by atoms with Gasteiger partial charge in [-0.25, -0.2) is 0 Å². The van der Waals surface area contributed by atoms with E-state index < -0.39 is 5.91 Å². The Labute approximate surface area is 128 Å².